The fourth-order valence-corrected chi connectivity index (χ4v) is 2.71. The lowest BCUT2D eigenvalue weighted by molar-refractivity contribution is -0.150. The number of nitrogens with zero attached hydrogens (tertiary/aromatic N) is 3. The van der Waals surface area contributed by atoms with Gasteiger partial charge in [0.15, 0.2) is 5.15 Å². The number of carbonyl (C=O) groups excluding carboxylic acids is 2. The molecule has 1 aliphatic rings. The zero-order valence-corrected chi connectivity index (χ0v) is 14.6. The Balaban J connectivity index is 1.97. The fraction of sp³-hybridized carbons (Fsp3) is 0.412. The first-order chi connectivity index (χ1) is 12.1. The molecular weight excluding hydrogens is 344 g/mol. The molecule has 1 fully saturated rings. The second-order valence-electron chi connectivity index (χ2n) is 5.47. The van der Waals surface area contributed by atoms with Crippen molar-refractivity contribution in [1.29, 1.82) is 5.26 Å². The molecule has 1 aromatic heterocycles. The highest BCUT2D eigenvalue weighted by atomic mass is 35.5. The molecule has 25 heavy (non-hydrogen) atoms. The first-order valence-corrected chi connectivity index (χ1v) is 8.37. The number of nitrogens with one attached hydrogen (secondary N) is 1. The van der Waals surface area contributed by atoms with E-state index in [0.29, 0.717) is 38.2 Å². The van der Waals surface area contributed by atoms with Gasteiger partial charge >= 0.3 is 5.97 Å². The zero-order valence-electron chi connectivity index (χ0n) is 13.9. The van der Waals surface area contributed by atoms with Gasteiger partial charge in [0.05, 0.1) is 18.2 Å². The van der Waals surface area contributed by atoms with Crippen LogP contribution in [0.25, 0.3) is 0 Å². The van der Waals surface area contributed by atoms with Crippen molar-refractivity contribution in [2.45, 2.75) is 19.8 Å². The fourth-order valence-electron chi connectivity index (χ4n) is 2.53. The average Bonchev–Trinajstić information content (AvgIpc) is 2.63. The van der Waals surface area contributed by atoms with Crippen LogP contribution < -0.4 is 5.32 Å². The van der Waals surface area contributed by atoms with Gasteiger partial charge in [0.2, 0.25) is 0 Å². The number of esters is 1. The maximum Gasteiger partial charge on any atom is 0.309 e. The first kappa shape index (κ1) is 18.7. The summed E-state index contributed by atoms with van der Waals surface area (Å²) in [6.07, 6.45) is 3.93. The SMILES string of the molecule is CCOC(=O)C1CCN(C(=O)/C(C#N)=C\Nc2cccnc2Cl)CC1. The van der Waals surface area contributed by atoms with Crippen molar-refractivity contribution >= 4 is 29.2 Å². The molecule has 0 unspecified atom stereocenters. The van der Waals surface area contributed by atoms with Crippen LogP contribution in [0.3, 0.4) is 0 Å². The summed E-state index contributed by atoms with van der Waals surface area (Å²) >= 11 is 5.93. The molecule has 1 saturated heterocycles. The molecular formula is C17H19ClN4O3. The van der Waals surface area contributed by atoms with Crippen molar-refractivity contribution in [2.24, 2.45) is 5.92 Å². The van der Waals surface area contributed by atoms with Crippen LogP contribution in [0.2, 0.25) is 5.15 Å². The number of anilines is 1. The highest BCUT2D eigenvalue weighted by molar-refractivity contribution is 6.32. The first-order valence-electron chi connectivity index (χ1n) is 8.00. The van der Waals surface area contributed by atoms with Crippen LogP contribution in [0.15, 0.2) is 30.1 Å². The van der Waals surface area contributed by atoms with Gasteiger partial charge in [-0.3, -0.25) is 9.59 Å². The quantitative estimate of drug-likeness (QED) is 0.374. The van der Waals surface area contributed by atoms with Crippen molar-refractivity contribution in [3.8, 4) is 6.07 Å². The van der Waals surface area contributed by atoms with E-state index in [4.69, 9.17) is 16.3 Å². The third kappa shape index (κ3) is 4.94. The molecule has 1 amide bonds. The molecule has 1 aliphatic heterocycles. The standard InChI is InChI=1S/C17H19ClN4O3/c1-2-25-17(24)12-5-8-22(9-6-12)16(23)13(10-19)11-21-14-4-3-7-20-15(14)18/h3-4,7,11-12,21H,2,5-6,8-9H2,1H3/b13-11-. The number of carbonyl (C=O) groups is 2. The molecule has 132 valence electrons. The minimum Gasteiger partial charge on any atom is -0.466 e. The molecule has 0 saturated carbocycles. The second-order valence-corrected chi connectivity index (χ2v) is 5.83. The summed E-state index contributed by atoms with van der Waals surface area (Å²) < 4.78 is 5.01. The average molecular weight is 363 g/mol. The van der Waals surface area contributed by atoms with Crippen LogP contribution in [0.1, 0.15) is 19.8 Å². The lowest BCUT2D eigenvalue weighted by Crippen LogP contribution is -2.41. The number of halogens is 1. The molecule has 1 aromatic rings. The lowest BCUT2D eigenvalue weighted by Gasteiger charge is -2.30. The molecule has 0 aliphatic carbocycles. The molecule has 0 spiro atoms. The van der Waals surface area contributed by atoms with E-state index in [1.54, 1.807) is 30.2 Å². The number of amides is 1. The maximum absolute atomic E-state index is 12.5. The molecule has 0 atom stereocenters. The number of hydrogen-bond donors (Lipinski definition) is 1. The Bertz CT molecular complexity index is 706. The van der Waals surface area contributed by atoms with Gasteiger partial charge in [-0.2, -0.15) is 5.26 Å². The monoisotopic (exact) mass is 362 g/mol. The number of aromatic nitrogens is 1. The molecule has 0 aromatic carbocycles. The third-order valence-electron chi connectivity index (χ3n) is 3.88. The van der Waals surface area contributed by atoms with Gasteiger partial charge < -0.3 is 15.0 Å². The van der Waals surface area contributed by atoms with Crippen molar-refractivity contribution in [2.75, 3.05) is 25.0 Å². The number of nitriles is 1. The molecule has 0 bridgehead atoms. The smallest absolute Gasteiger partial charge is 0.309 e. The van der Waals surface area contributed by atoms with E-state index in [2.05, 4.69) is 10.3 Å². The number of pyridine rings is 1. The third-order valence-corrected chi connectivity index (χ3v) is 4.19. The summed E-state index contributed by atoms with van der Waals surface area (Å²) in [7, 11) is 0. The van der Waals surface area contributed by atoms with E-state index >= 15 is 0 Å². The highest BCUT2D eigenvalue weighted by Crippen LogP contribution is 2.21. The molecule has 7 nitrogen and oxygen atoms in total. The zero-order chi connectivity index (χ0) is 18.2. The summed E-state index contributed by atoms with van der Waals surface area (Å²) in [5.74, 6) is -0.790. The van der Waals surface area contributed by atoms with E-state index < -0.39 is 0 Å². The summed E-state index contributed by atoms with van der Waals surface area (Å²) in [6, 6.07) is 5.28. The van der Waals surface area contributed by atoms with Gasteiger partial charge in [0.25, 0.3) is 5.91 Å². The molecule has 1 N–H and O–H groups in total. The van der Waals surface area contributed by atoms with Crippen LogP contribution in [-0.4, -0.2) is 41.5 Å². The Morgan fingerprint density at radius 1 is 1.52 bits per heavy atom. The molecule has 0 radical (unpaired) electrons. The van der Waals surface area contributed by atoms with Crippen LogP contribution >= 0.6 is 11.6 Å². The normalized spacial score (nSPS) is 15.4. The maximum atomic E-state index is 12.5. The van der Waals surface area contributed by atoms with Gasteiger partial charge in [0, 0.05) is 25.5 Å². The van der Waals surface area contributed by atoms with Crippen molar-refractivity contribution < 1.29 is 14.3 Å². The van der Waals surface area contributed by atoms with E-state index in [0.717, 1.165) is 0 Å². The largest absolute Gasteiger partial charge is 0.466 e. The minimum atomic E-state index is -0.377. The van der Waals surface area contributed by atoms with Crippen LogP contribution in [0.4, 0.5) is 5.69 Å². The van der Waals surface area contributed by atoms with Crippen LogP contribution in [-0.2, 0) is 14.3 Å². The van der Waals surface area contributed by atoms with E-state index in [9.17, 15) is 14.9 Å². The van der Waals surface area contributed by atoms with Crippen molar-refractivity contribution in [3.05, 3.63) is 35.3 Å². The Morgan fingerprint density at radius 2 is 2.24 bits per heavy atom. The Hall–Kier alpha value is -2.59. The minimum absolute atomic E-state index is 0.0329. The van der Waals surface area contributed by atoms with Gasteiger partial charge in [-0.1, -0.05) is 11.6 Å². The Morgan fingerprint density at radius 3 is 2.84 bits per heavy atom. The number of piperidine rings is 1. The summed E-state index contributed by atoms with van der Waals surface area (Å²) in [6.45, 7) is 2.94. The van der Waals surface area contributed by atoms with Gasteiger partial charge in [-0.15, -0.1) is 0 Å². The van der Waals surface area contributed by atoms with Gasteiger partial charge in [-0.05, 0) is 31.9 Å². The van der Waals surface area contributed by atoms with Crippen LogP contribution in [0.5, 0.6) is 0 Å². The van der Waals surface area contributed by atoms with E-state index in [1.165, 1.54) is 6.20 Å². The number of ether oxygens (including phenoxy) is 1. The van der Waals surface area contributed by atoms with E-state index in [-0.39, 0.29) is 28.5 Å². The second kappa shape index (κ2) is 9.04. The molecule has 2 rings (SSSR count). The van der Waals surface area contributed by atoms with Crippen molar-refractivity contribution in [1.82, 2.24) is 9.88 Å². The van der Waals surface area contributed by atoms with Crippen LogP contribution in [0, 0.1) is 17.2 Å². The van der Waals surface area contributed by atoms with Gasteiger partial charge in [-0.25, -0.2) is 4.98 Å². The highest BCUT2D eigenvalue weighted by Gasteiger charge is 2.29. The lowest BCUT2D eigenvalue weighted by atomic mass is 9.96. The predicted octanol–water partition coefficient (Wildman–Crippen LogP) is 2.36. The van der Waals surface area contributed by atoms with Crippen molar-refractivity contribution in [3.63, 3.8) is 0 Å². The summed E-state index contributed by atoms with van der Waals surface area (Å²) in [4.78, 5) is 29.7. The summed E-state index contributed by atoms with van der Waals surface area (Å²) in [5.41, 5.74) is 0.472. The van der Waals surface area contributed by atoms with Gasteiger partial charge in [0.1, 0.15) is 11.6 Å². The number of rotatable bonds is 5. The summed E-state index contributed by atoms with van der Waals surface area (Å²) in [5, 5.41) is 12.3. The van der Waals surface area contributed by atoms with E-state index in [1.807, 2.05) is 6.07 Å². The Labute approximate surface area is 151 Å². The molecule has 8 heteroatoms. The Kier molecular flexibility index (Phi) is 6.78. The predicted molar refractivity (Wildman–Crippen MR) is 92.5 cm³/mol. The molecule has 2 heterocycles. The topological polar surface area (TPSA) is 95.3 Å². The number of likely N-dealkylation sites (tertiary alicyclic amines) is 1. The number of hydrogen-bond acceptors (Lipinski definition) is 6.